The SMILES string of the molecule is COCCNc1ccc(C(=O)O)c(OCc2cccc3ccccc23)c1. The van der Waals surface area contributed by atoms with Gasteiger partial charge in [0.15, 0.2) is 0 Å². The van der Waals surface area contributed by atoms with Gasteiger partial charge in [-0.2, -0.15) is 0 Å². The number of benzene rings is 3. The maximum atomic E-state index is 11.5. The molecule has 3 rings (SSSR count). The summed E-state index contributed by atoms with van der Waals surface area (Å²) in [5.41, 5.74) is 1.94. The third-order valence-corrected chi connectivity index (χ3v) is 4.11. The van der Waals surface area contributed by atoms with Crippen molar-refractivity contribution >= 4 is 22.4 Å². The number of rotatable bonds is 8. The molecule has 5 heteroatoms. The summed E-state index contributed by atoms with van der Waals surface area (Å²) in [6, 6.07) is 19.0. The first kappa shape index (κ1) is 17.8. The van der Waals surface area contributed by atoms with Crippen LogP contribution in [0.2, 0.25) is 0 Å². The van der Waals surface area contributed by atoms with Crippen molar-refractivity contribution in [2.75, 3.05) is 25.6 Å². The van der Waals surface area contributed by atoms with Gasteiger partial charge in [0, 0.05) is 25.4 Å². The molecule has 0 aromatic heterocycles. The summed E-state index contributed by atoms with van der Waals surface area (Å²) in [4.78, 5) is 11.5. The fourth-order valence-corrected chi connectivity index (χ4v) is 2.80. The fraction of sp³-hybridized carbons (Fsp3) is 0.190. The summed E-state index contributed by atoms with van der Waals surface area (Å²) in [6.45, 7) is 1.49. The average molecular weight is 351 g/mol. The van der Waals surface area contributed by atoms with E-state index in [9.17, 15) is 9.90 Å². The zero-order valence-electron chi connectivity index (χ0n) is 14.6. The first-order chi connectivity index (χ1) is 12.7. The van der Waals surface area contributed by atoms with E-state index in [1.165, 1.54) is 0 Å². The zero-order chi connectivity index (χ0) is 18.4. The molecular weight excluding hydrogens is 330 g/mol. The number of anilines is 1. The first-order valence-corrected chi connectivity index (χ1v) is 8.38. The van der Waals surface area contributed by atoms with Crippen LogP contribution in [0.25, 0.3) is 10.8 Å². The summed E-state index contributed by atoms with van der Waals surface area (Å²) in [5, 5.41) is 14.8. The molecule has 0 saturated carbocycles. The van der Waals surface area contributed by atoms with Gasteiger partial charge < -0.3 is 19.9 Å². The second-order valence-electron chi connectivity index (χ2n) is 5.86. The lowest BCUT2D eigenvalue weighted by Gasteiger charge is -2.13. The lowest BCUT2D eigenvalue weighted by atomic mass is 10.1. The largest absolute Gasteiger partial charge is 0.488 e. The number of carbonyl (C=O) groups is 1. The third kappa shape index (κ3) is 4.13. The van der Waals surface area contributed by atoms with Crippen molar-refractivity contribution in [2.45, 2.75) is 6.61 Å². The Morgan fingerprint density at radius 1 is 1.08 bits per heavy atom. The van der Waals surface area contributed by atoms with Gasteiger partial charge >= 0.3 is 5.97 Å². The molecule has 0 fully saturated rings. The Morgan fingerprint density at radius 3 is 2.69 bits per heavy atom. The number of hydrogen-bond acceptors (Lipinski definition) is 4. The maximum Gasteiger partial charge on any atom is 0.339 e. The number of carboxylic acids is 1. The molecule has 3 aromatic rings. The molecule has 26 heavy (non-hydrogen) atoms. The molecule has 134 valence electrons. The number of ether oxygens (including phenoxy) is 2. The normalized spacial score (nSPS) is 10.7. The Bertz CT molecular complexity index is 902. The molecule has 0 amide bonds. The van der Waals surface area contributed by atoms with Gasteiger partial charge in [0.2, 0.25) is 0 Å². The first-order valence-electron chi connectivity index (χ1n) is 8.38. The molecule has 0 aliphatic rings. The highest BCUT2D eigenvalue weighted by molar-refractivity contribution is 5.91. The maximum absolute atomic E-state index is 11.5. The highest BCUT2D eigenvalue weighted by Gasteiger charge is 2.13. The predicted molar refractivity (Wildman–Crippen MR) is 102 cm³/mol. The van der Waals surface area contributed by atoms with Gasteiger partial charge in [0.05, 0.1) is 6.61 Å². The molecule has 0 saturated heterocycles. The van der Waals surface area contributed by atoms with E-state index >= 15 is 0 Å². The number of hydrogen-bond donors (Lipinski definition) is 2. The number of carboxylic acid groups (broad SMARTS) is 1. The van der Waals surface area contributed by atoms with Crippen molar-refractivity contribution in [3.8, 4) is 5.75 Å². The molecule has 0 heterocycles. The van der Waals surface area contributed by atoms with Crippen molar-refractivity contribution in [1.29, 1.82) is 0 Å². The van der Waals surface area contributed by atoms with Crippen molar-refractivity contribution in [3.05, 3.63) is 71.8 Å². The van der Waals surface area contributed by atoms with Gasteiger partial charge in [-0.3, -0.25) is 0 Å². The van der Waals surface area contributed by atoms with Gasteiger partial charge in [-0.15, -0.1) is 0 Å². The zero-order valence-corrected chi connectivity index (χ0v) is 14.6. The Kier molecular flexibility index (Phi) is 5.71. The molecule has 3 aromatic carbocycles. The van der Waals surface area contributed by atoms with Crippen LogP contribution < -0.4 is 10.1 Å². The molecule has 5 nitrogen and oxygen atoms in total. The minimum Gasteiger partial charge on any atom is -0.488 e. The van der Waals surface area contributed by atoms with Crippen LogP contribution in [0.4, 0.5) is 5.69 Å². The summed E-state index contributed by atoms with van der Waals surface area (Å²) in [6.07, 6.45) is 0. The van der Waals surface area contributed by atoms with Crippen LogP contribution >= 0.6 is 0 Å². The summed E-state index contributed by atoms with van der Waals surface area (Å²) >= 11 is 0. The van der Waals surface area contributed by atoms with Crippen LogP contribution in [0, 0.1) is 0 Å². The van der Waals surface area contributed by atoms with Gasteiger partial charge in [-0.1, -0.05) is 42.5 Å². The van der Waals surface area contributed by atoms with Crippen LogP contribution in [0.3, 0.4) is 0 Å². The highest BCUT2D eigenvalue weighted by Crippen LogP contribution is 2.26. The minimum atomic E-state index is -1.01. The number of aromatic carboxylic acids is 1. The molecular formula is C21H21NO4. The van der Waals surface area contributed by atoms with Crippen LogP contribution in [0.15, 0.2) is 60.7 Å². The van der Waals surface area contributed by atoms with E-state index in [2.05, 4.69) is 5.32 Å². The summed E-state index contributed by atoms with van der Waals surface area (Å²) < 4.78 is 10.9. The lowest BCUT2D eigenvalue weighted by Crippen LogP contribution is -2.09. The predicted octanol–water partition coefficient (Wildman–Crippen LogP) is 4.18. The van der Waals surface area contributed by atoms with Crippen molar-refractivity contribution < 1.29 is 19.4 Å². The molecule has 0 unspecified atom stereocenters. The van der Waals surface area contributed by atoms with E-state index in [-0.39, 0.29) is 5.56 Å². The molecule has 0 aliphatic carbocycles. The third-order valence-electron chi connectivity index (χ3n) is 4.11. The Morgan fingerprint density at radius 2 is 1.88 bits per heavy atom. The summed E-state index contributed by atoms with van der Waals surface area (Å²) in [7, 11) is 1.63. The van der Waals surface area contributed by atoms with Gasteiger partial charge in [-0.05, 0) is 28.5 Å². The molecule has 0 radical (unpaired) electrons. The van der Waals surface area contributed by atoms with Crippen molar-refractivity contribution in [3.63, 3.8) is 0 Å². The van der Waals surface area contributed by atoms with Crippen molar-refractivity contribution in [2.24, 2.45) is 0 Å². The Balaban J connectivity index is 1.83. The van der Waals surface area contributed by atoms with Gasteiger partial charge in [0.25, 0.3) is 0 Å². The van der Waals surface area contributed by atoms with Gasteiger partial charge in [-0.25, -0.2) is 4.79 Å². The lowest BCUT2D eigenvalue weighted by molar-refractivity contribution is 0.0692. The summed E-state index contributed by atoms with van der Waals surface area (Å²) in [5.74, 6) is -0.672. The van der Waals surface area contributed by atoms with Crippen LogP contribution in [0.1, 0.15) is 15.9 Å². The Hall–Kier alpha value is -3.05. The minimum absolute atomic E-state index is 0.141. The monoisotopic (exact) mass is 351 g/mol. The smallest absolute Gasteiger partial charge is 0.339 e. The molecule has 0 aliphatic heterocycles. The number of nitrogens with one attached hydrogen (secondary N) is 1. The van der Waals surface area contributed by atoms with E-state index < -0.39 is 5.97 Å². The van der Waals surface area contributed by atoms with E-state index in [4.69, 9.17) is 9.47 Å². The highest BCUT2D eigenvalue weighted by atomic mass is 16.5. The topological polar surface area (TPSA) is 67.8 Å². The number of methoxy groups -OCH3 is 1. The fourth-order valence-electron chi connectivity index (χ4n) is 2.80. The van der Waals surface area contributed by atoms with E-state index in [1.54, 1.807) is 25.3 Å². The number of fused-ring (bicyclic) bond motifs is 1. The average Bonchev–Trinajstić information content (AvgIpc) is 2.66. The second kappa shape index (κ2) is 8.36. The van der Waals surface area contributed by atoms with E-state index in [0.717, 1.165) is 22.0 Å². The molecule has 0 spiro atoms. The van der Waals surface area contributed by atoms with Crippen LogP contribution in [0.5, 0.6) is 5.75 Å². The van der Waals surface area contributed by atoms with Crippen LogP contribution in [-0.2, 0) is 11.3 Å². The van der Waals surface area contributed by atoms with Gasteiger partial charge in [0.1, 0.15) is 17.9 Å². The molecule has 0 atom stereocenters. The van der Waals surface area contributed by atoms with Crippen molar-refractivity contribution in [1.82, 2.24) is 0 Å². The molecule has 2 N–H and O–H groups in total. The Labute approximate surface area is 152 Å². The standard InChI is InChI=1S/C21H21NO4/c1-25-12-11-22-17-9-10-19(21(23)24)20(13-17)26-14-16-7-4-6-15-5-2-3-8-18(15)16/h2-10,13,22H,11-12,14H2,1H3,(H,23,24). The molecule has 0 bridgehead atoms. The van der Waals surface area contributed by atoms with E-state index in [1.807, 2.05) is 42.5 Å². The van der Waals surface area contributed by atoms with E-state index in [0.29, 0.717) is 25.5 Å². The second-order valence-corrected chi connectivity index (χ2v) is 5.86. The van der Waals surface area contributed by atoms with Crippen LogP contribution in [-0.4, -0.2) is 31.3 Å². The quantitative estimate of drug-likeness (QED) is 0.596.